The zero-order valence-corrected chi connectivity index (χ0v) is 11.3. The molecule has 2 aromatic carbocycles. The van der Waals surface area contributed by atoms with Gasteiger partial charge in [0.25, 0.3) is 5.91 Å². The van der Waals surface area contributed by atoms with Crippen molar-refractivity contribution in [1.82, 2.24) is 0 Å². The number of aryl methyl sites for hydroxylation is 1. The standard InChI is InChI=1S/C15H14FN3O2/c1-9-2-7-12(13(16)8-9)14(20)18-10-3-5-11(6-4-10)19-15(17)21/h2-8H,1H3,(H,18,20)(H3,17,19,21). The topological polar surface area (TPSA) is 84.2 Å². The van der Waals surface area contributed by atoms with E-state index in [9.17, 15) is 14.0 Å². The maximum atomic E-state index is 13.7. The molecule has 0 aliphatic rings. The van der Waals surface area contributed by atoms with Gasteiger partial charge in [-0.25, -0.2) is 9.18 Å². The Bertz CT molecular complexity index is 684. The third-order valence-corrected chi connectivity index (χ3v) is 2.78. The summed E-state index contributed by atoms with van der Waals surface area (Å²) in [6.07, 6.45) is 0. The maximum Gasteiger partial charge on any atom is 0.316 e. The molecular formula is C15H14FN3O2. The van der Waals surface area contributed by atoms with Gasteiger partial charge in [-0.1, -0.05) is 6.07 Å². The van der Waals surface area contributed by atoms with Gasteiger partial charge in [-0.05, 0) is 48.9 Å². The Balaban J connectivity index is 2.10. The highest BCUT2D eigenvalue weighted by Crippen LogP contribution is 2.16. The van der Waals surface area contributed by atoms with Gasteiger partial charge >= 0.3 is 6.03 Å². The Kier molecular flexibility index (Phi) is 4.18. The molecule has 4 N–H and O–H groups in total. The second kappa shape index (κ2) is 6.04. The van der Waals surface area contributed by atoms with E-state index in [1.165, 1.54) is 12.1 Å². The Morgan fingerprint density at radius 1 is 1.00 bits per heavy atom. The smallest absolute Gasteiger partial charge is 0.316 e. The lowest BCUT2D eigenvalue weighted by Crippen LogP contribution is -2.19. The molecule has 0 heterocycles. The summed E-state index contributed by atoms with van der Waals surface area (Å²) in [7, 11) is 0. The van der Waals surface area contributed by atoms with Gasteiger partial charge in [0.1, 0.15) is 5.82 Å². The average molecular weight is 287 g/mol. The van der Waals surface area contributed by atoms with Gasteiger partial charge in [-0.15, -0.1) is 0 Å². The lowest BCUT2D eigenvalue weighted by atomic mass is 10.1. The van der Waals surface area contributed by atoms with Gasteiger partial charge in [0.2, 0.25) is 0 Å². The van der Waals surface area contributed by atoms with Crippen molar-refractivity contribution in [3.8, 4) is 0 Å². The lowest BCUT2D eigenvalue weighted by molar-refractivity contribution is 0.102. The molecule has 0 aliphatic heterocycles. The number of nitrogens with one attached hydrogen (secondary N) is 2. The first-order chi connectivity index (χ1) is 9.95. The number of rotatable bonds is 3. The van der Waals surface area contributed by atoms with Crippen LogP contribution in [0.15, 0.2) is 42.5 Å². The first-order valence-electron chi connectivity index (χ1n) is 6.20. The summed E-state index contributed by atoms with van der Waals surface area (Å²) in [5.41, 5.74) is 6.68. The number of nitrogens with two attached hydrogens (primary N) is 1. The number of carbonyl (C=O) groups excluding carboxylic acids is 2. The van der Waals surface area contributed by atoms with E-state index in [1.807, 2.05) is 0 Å². The molecule has 0 fully saturated rings. The fourth-order valence-electron chi connectivity index (χ4n) is 1.78. The molecule has 0 saturated heterocycles. The van der Waals surface area contributed by atoms with Crippen molar-refractivity contribution in [2.45, 2.75) is 6.92 Å². The molecule has 0 aliphatic carbocycles. The van der Waals surface area contributed by atoms with Crippen LogP contribution in [0, 0.1) is 12.7 Å². The number of hydrogen-bond acceptors (Lipinski definition) is 2. The van der Waals surface area contributed by atoms with Crippen LogP contribution >= 0.6 is 0 Å². The van der Waals surface area contributed by atoms with Crippen LogP contribution in [0.1, 0.15) is 15.9 Å². The highest BCUT2D eigenvalue weighted by molar-refractivity contribution is 6.04. The van der Waals surface area contributed by atoms with E-state index in [1.54, 1.807) is 37.3 Å². The number of benzene rings is 2. The molecule has 2 aromatic rings. The first kappa shape index (κ1) is 14.5. The van der Waals surface area contributed by atoms with E-state index in [-0.39, 0.29) is 5.56 Å². The molecule has 0 atom stereocenters. The highest BCUT2D eigenvalue weighted by Gasteiger charge is 2.11. The predicted molar refractivity (Wildman–Crippen MR) is 78.7 cm³/mol. The molecule has 3 amide bonds. The number of anilines is 2. The molecule has 0 bridgehead atoms. The Morgan fingerprint density at radius 3 is 2.10 bits per heavy atom. The molecular weight excluding hydrogens is 273 g/mol. The lowest BCUT2D eigenvalue weighted by Gasteiger charge is -2.08. The fourth-order valence-corrected chi connectivity index (χ4v) is 1.78. The Hall–Kier alpha value is -2.89. The van der Waals surface area contributed by atoms with E-state index in [4.69, 9.17) is 5.73 Å². The Morgan fingerprint density at radius 2 is 1.57 bits per heavy atom. The Labute approximate surface area is 121 Å². The second-order valence-electron chi connectivity index (χ2n) is 4.50. The van der Waals surface area contributed by atoms with Gasteiger partial charge < -0.3 is 16.4 Å². The number of amides is 3. The van der Waals surface area contributed by atoms with Crippen LogP contribution in [0.4, 0.5) is 20.6 Å². The van der Waals surface area contributed by atoms with E-state index in [0.717, 1.165) is 5.56 Å². The van der Waals surface area contributed by atoms with Gasteiger partial charge in [-0.3, -0.25) is 4.79 Å². The zero-order chi connectivity index (χ0) is 15.4. The van der Waals surface area contributed by atoms with Crippen molar-refractivity contribution in [2.75, 3.05) is 10.6 Å². The number of carbonyl (C=O) groups is 2. The number of urea groups is 1. The van der Waals surface area contributed by atoms with E-state index in [0.29, 0.717) is 11.4 Å². The molecule has 108 valence electrons. The molecule has 0 radical (unpaired) electrons. The molecule has 21 heavy (non-hydrogen) atoms. The monoisotopic (exact) mass is 287 g/mol. The van der Waals surface area contributed by atoms with Crippen LogP contribution in [-0.4, -0.2) is 11.9 Å². The first-order valence-corrected chi connectivity index (χ1v) is 6.20. The third kappa shape index (κ3) is 3.79. The highest BCUT2D eigenvalue weighted by atomic mass is 19.1. The van der Waals surface area contributed by atoms with Crippen LogP contribution in [-0.2, 0) is 0 Å². The molecule has 2 rings (SSSR count). The zero-order valence-electron chi connectivity index (χ0n) is 11.3. The van der Waals surface area contributed by atoms with Crippen molar-refractivity contribution in [2.24, 2.45) is 5.73 Å². The number of hydrogen-bond donors (Lipinski definition) is 3. The molecule has 0 aromatic heterocycles. The SMILES string of the molecule is Cc1ccc(C(=O)Nc2ccc(NC(N)=O)cc2)c(F)c1. The summed E-state index contributed by atoms with van der Waals surface area (Å²) in [4.78, 5) is 22.6. The van der Waals surface area contributed by atoms with Crippen LogP contribution in [0.25, 0.3) is 0 Å². The largest absolute Gasteiger partial charge is 0.351 e. The summed E-state index contributed by atoms with van der Waals surface area (Å²) in [5, 5.41) is 4.97. The maximum absolute atomic E-state index is 13.7. The van der Waals surface area contributed by atoms with Crippen molar-refractivity contribution < 1.29 is 14.0 Å². The summed E-state index contributed by atoms with van der Waals surface area (Å²) in [6, 6.07) is 10.0. The van der Waals surface area contributed by atoms with Crippen LogP contribution in [0.2, 0.25) is 0 Å². The van der Waals surface area contributed by atoms with Gasteiger partial charge in [0.05, 0.1) is 5.56 Å². The van der Waals surface area contributed by atoms with Gasteiger partial charge in [-0.2, -0.15) is 0 Å². The number of halogens is 1. The summed E-state index contributed by atoms with van der Waals surface area (Å²) >= 11 is 0. The predicted octanol–water partition coefficient (Wildman–Crippen LogP) is 2.88. The fraction of sp³-hybridized carbons (Fsp3) is 0.0667. The molecule has 0 unspecified atom stereocenters. The van der Waals surface area contributed by atoms with E-state index < -0.39 is 17.8 Å². The van der Waals surface area contributed by atoms with Crippen LogP contribution in [0.5, 0.6) is 0 Å². The molecule has 0 spiro atoms. The molecule has 5 nitrogen and oxygen atoms in total. The minimum absolute atomic E-state index is 0.0278. The summed E-state index contributed by atoms with van der Waals surface area (Å²) < 4.78 is 13.7. The van der Waals surface area contributed by atoms with Gasteiger partial charge in [0, 0.05) is 11.4 Å². The number of primary amides is 1. The van der Waals surface area contributed by atoms with E-state index in [2.05, 4.69) is 10.6 Å². The van der Waals surface area contributed by atoms with Crippen molar-refractivity contribution in [3.63, 3.8) is 0 Å². The second-order valence-corrected chi connectivity index (χ2v) is 4.50. The normalized spacial score (nSPS) is 10.0. The van der Waals surface area contributed by atoms with E-state index >= 15 is 0 Å². The summed E-state index contributed by atoms with van der Waals surface area (Å²) in [6.45, 7) is 1.75. The molecule has 6 heteroatoms. The minimum Gasteiger partial charge on any atom is -0.351 e. The third-order valence-electron chi connectivity index (χ3n) is 2.78. The molecule has 0 saturated carbocycles. The van der Waals surface area contributed by atoms with Crippen molar-refractivity contribution in [3.05, 3.63) is 59.4 Å². The summed E-state index contributed by atoms with van der Waals surface area (Å²) in [5.74, 6) is -1.11. The van der Waals surface area contributed by atoms with Crippen LogP contribution < -0.4 is 16.4 Å². The average Bonchev–Trinajstić information content (AvgIpc) is 2.40. The van der Waals surface area contributed by atoms with Gasteiger partial charge in [0.15, 0.2) is 0 Å². The van der Waals surface area contributed by atoms with Crippen molar-refractivity contribution in [1.29, 1.82) is 0 Å². The minimum atomic E-state index is -0.673. The van der Waals surface area contributed by atoms with Crippen LogP contribution in [0.3, 0.4) is 0 Å². The quantitative estimate of drug-likeness (QED) is 0.811. The van der Waals surface area contributed by atoms with Crippen molar-refractivity contribution >= 4 is 23.3 Å².